The predicted molar refractivity (Wildman–Crippen MR) is 92.4 cm³/mol. The molecule has 0 bridgehead atoms. The molecule has 0 radical (unpaired) electrons. The molecule has 1 amide bonds. The van der Waals surface area contributed by atoms with Crippen molar-refractivity contribution in [3.8, 4) is 5.75 Å². The molecule has 0 saturated carbocycles. The van der Waals surface area contributed by atoms with E-state index in [1.54, 1.807) is 54.9 Å². The zero-order valence-electron chi connectivity index (χ0n) is 13.4. The van der Waals surface area contributed by atoms with Gasteiger partial charge in [0.2, 0.25) is 5.91 Å². The van der Waals surface area contributed by atoms with Crippen molar-refractivity contribution >= 4 is 5.91 Å². The van der Waals surface area contributed by atoms with Crippen LogP contribution < -0.4 is 5.32 Å². The van der Waals surface area contributed by atoms with Crippen LogP contribution in [0.15, 0.2) is 73.1 Å². The summed E-state index contributed by atoms with van der Waals surface area (Å²) in [5.41, 5.74) is 2.38. The molecule has 25 heavy (non-hydrogen) atoms. The zero-order chi connectivity index (χ0) is 17.6. The summed E-state index contributed by atoms with van der Waals surface area (Å²) < 4.78 is 13.2. The summed E-state index contributed by atoms with van der Waals surface area (Å²) in [7, 11) is 0. The summed E-state index contributed by atoms with van der Waals surface area (Å²) in [6.45, 7) is 0. The van der Waals surface area contributed by atoms with Crippen molar-refractivity contribution in [2.75, 3.05) is 0 Å². The van der Waals surface area contributed by atoms with Crippen LogP contribution in [0.4, 0.5) is 4.39 Å². The van der Waals surface area contributed by atoms with E-state index in [-0.39, 0.29) is 23.9 Å². The molecule has 3 rings (SSSR count). The van der Waals surface area contributed by atoms with Crippen molar-refractivity contribution < 1.29 is 14.3 Å². The molecule has 4 nitrogen and oxygen atoms in total. The Hall–Kier alpha value is -3.21. The number of hydrogen-bond acceptors (Lipinski definition) is 3. The number of carbonyl (C=O) groups excluding carboxylic acids is 1. The largest absolute Gasteiger partial charge is 0.508 e. The predicted octanol–water partition coefficient (Wildman–Crippen LogP) is 3.37. The van der Waals surface area contributed by atoms with E-state index in [9.17, 15) is 14.3 Å². The van der Waals surface area contributed by atoms with Gasteiger partial charge in [-0.25, -0.2) is 4.39 Å². The number of amides is 1. The Morgan fingerprint density at radius 2 is 1.76 bits per heavy atom. The average Bonchev–Trinajstić information content (AvgIpc) is 2.63. The summed E-state index contributed by atoms with van der Waals surface area (Å²) in [4.78, 5) is 16.5. The van der Waals surface area contributed by atoms with Gasteiger partial charge in [-0.1, -0.05) is 30.3 Å². The summed E-state index contributed by atoms with van der Waals surface area (Å²) in [6.07, 6.45) is 3.51. The van der Waals surface area contributed by atoms with Gasteiger partial charge >= 0.3 is 0 Å². The number of benzene rings is 2. The molecule has 0 unspecified atom stereocenters. The maximum atomic E-state index is 13.2. The molecule has 0 aliphatic carbocycles. The lowest BCUT2D eigenvalue weighted by Crippen LogP contribution is -2.30. The highest BCUT2D eigenvalue weighted by Crippen LogP contribution is 2.22. The Balaban J connectivity index is 1.81. The third-order valence-electron chi connectivity index (χ3n) is 3.83. The SMILES string of the molecule is O=C(Cc1ccc(O)cc1)N[C@@H](c1ccc(F)cc1)c1cccnc1. The smallest absolute Gasteiger partial charge is 0.225 e. The van der Waals surface area contributed by atoms with Gasteiger partial charge in [0.05, 0.1) is 12.5 Å². The van der Waals surface area contributed by atoms with E-state index in [2.05, 4.69) is 10.3 Å². The quantitative estimate of drug-likeness (QED) is 0.751. The highest BCUT2D eigenvalue weighted by Gasteiger charge is 2.17. The second-order valence-electron chi connectivity index (χ2n) is 5.68. The molecule has 3 aromatic rings. The molecule has 0 fully saturated rings. The Bertz CT molecular complexity index is 834. The van der Waals surface area contributed by atoms with Crippen molar-refractivity contribution in [3.05, 3.63) is 95.6 Å². The Morgan fingerprint density at radius 1 is 1.04 bits per heavy atom. The first-order valence-corrected chi connectivity index (χ1v) is 7.84. The normalized spacial score (nSPS) is 11.7. The minimum absolute atomic E-state index is 0.156. The van der Waals surface area contributed by atoms with E-state index in [1.165, 1.54) is 12.1 Å². The number of nitrogens with one attached hydrogen (secondary N) is 1. The Labute approximate surface area is 145 Å². The maximum absolute atomic E-state index is 13.2. The molecular weight excluding hydrogens is 319 g/mol. The number of halogens is 1. The first kappa shape index (κ1) is 16.6. The number of hydrogen-bond donors (Lipinski definition) is 2. The molecule has 0 aliphatic rings. The van der Waals surface area contributed by atoms with Gasteiger partial charge in [-0.15, -0.1) is 0 Å². The highest BCUT2D eigenvalue weighted by molar-refractivity contribution is 5.79. The monoisotopic (exact) mass is 336 g/mol. The molecule has 5 heteroatoms. The topological polar surface area (TPSA) is 62.2 Å². The first-order chi connectivity index (χ1) is 12.1. The number of aromatic hydroxyl groups is 1. The molecule has 126 valence electrons. The standard InChI is InChI=1S/C20H17FN2O2/c21-17-7-5-15(6-8-17)20(16-2-1-11-22-13-16)23-19(25)12-14-3-9-18(24)10-4-14/h1-11,13,20,24H,12H2,(H,23,25)/t20-/m0/s1. The highest BCUT2D eigenvalue weighted by atomic mass is 19.1. The van der Waals surface area contributed by atoms with Gasteiger partial charge in [0, 0.05) is 12.4 Å². The van der Waals surface area contributed by atoms with E-state index in [0.717, 1.165) is 16.7 Å². The van der Waals surface area contributed by atoms with E-state index in [1.807, 2.05) is 6.07 Å². The van der Waals surface area contributed by atoms with Crippen LogP contribution in [-0.2, 0) is 11.2 Å². The number of phenolic OH excluding ortho intramolecular Hbond substituents is 1. The summed E-state index contributed by atoms with van der Waals surface area (Å²) in [5, 5.41) is 12.3. The fraction of sp³-hybridized carbons (Fsp3) is 0.100. The van der Waals surface area contributed by atoms with Crippen LogP contribution in [0.1, 0.15) is 22.7 Å². The fourth-order valence-electron chi connectivity index (χ4n) is 2.57. The molecule has 1 aromatic heterocycles. The third-order valence-corrected chi connectivity index (χ3v) is 3.83. The lowest BCUT2D eigenvalue weighted by molar-refractivity contribution is -0.120. The minimum atomic E-state index is -0.418. The molecular formula is C20H17FN2O2. The minimum Gasteiger partial charge on any atom is -0.508 e. The summed E-state index contributed by atoms with van der Waals surface area (Å²) >= 11 is 0. The van der Waals surface area contributed by atoms with Gasteiger partial charge in [-0.05, 0) is 47.0 Å². The van der Waals surface area contributed by atoms with Crippen molar-refractivity contribution in [1.29, 1.82) is 0 Å². The van der Waals surface area contributed by atoms with Gasteiger partial charge in [0.15, 0.2) is 0 Å². The van der Waals surface area contributed by atoms with E-state index in [0.29, 0.717) is 0 Å². The second kappa shape index (κ2) is 7.57. The van der Waals surface area contributed by atoms with Crippen LogP contribution >= 0.6 is 0 Å². The van der Waals surface area contributed by atoms with Gasteiger partial charge in [-0.3, -0.25) is 9.78 Å². The first-order valence-electron chi connectivity index (χ1n) is 7.84. The molecule has 0 aliphatic heterocycles. The average molecular weight is 336 g/mol. The second-order valence-corrected chi connectivity index (χ2v) is 5.68. The lowest BCUT2D eigenvalue weighted by Gasteiger charge is -2.19. The van der Waals surface area contributed by atoms with Crippen molar-refractivity contribution in [2.45, 2.75) is 12.5 Å². The van der Waals surface area contributed by atoms with Gasteiger partial charge < -0.3 is 10.4 Å². The fourth-order valence-corrected chi connectivity index (χ4v) is 2.57. The van der Waals surface area contributed by atoms with Crippen molar-refractivity contribution in [1.82, 2.24) is 10.3 Å². The van der Waals surface area contributed by atoms with Crippen LogP contribution in [0.5, 0.6) is 5.75 Å². The molecule has 0 spiro atoms. The van der Waals surface area contributed by atoms with Crippen LogP contribution in [0.2, 0.25) is 0 Å². The van der Waals surface area contributed by atoms with E-state index in [4.69, 9.17) is 0 Å². The molecule has 1 atom stereocenters. The number of phenols is 1. The van der Waals surface area contributed by atoms with Gasteiger partial charge in [-0.2, -0.15) is 0 Å². The molecule has 1 heterocycles. The number of rotatable bonds is 5. The van der Waals surface area contributed by atoms with E-state index >= 15 is 0 Å². The number of aromatic nitrogens is 1. The van der Waals surface area contributed by atoms with Crippen molar-refractivity contribution in [2.24, 2.45) is 0 Å². The van der Waals surface area contributed by atoms with E-state index < -0.39 is 6.04 Å². The lowest BCUT2D eigenvalue weighted by atomic mass is 9.99. The van der Waals surface area contributed by atoms with Crippen LogP contribution in [0.25, 0.3) is 0 Å². The van der Waals surface area contributed by atoms with Crippen LogP contribution in [0, 0.1) is 5.82 Å². The molecule has 0 saturated heterocycles. The van der Waals surface area contributed by atoms with Gasteiger partial charge in [0.1, 0.15) is 11.6 Å². The number of nitrogens with zero attached hydrogens (tertiary/aromatic N) is 1. The number of carbonyl (C=O) groups is 1. The van der Waals surface area contributed by atoms with Crippen LogP contribution in [0.3, 0.4) is 0 Å². The Kier molecular flexibility index (Phi) is 5.04. The summed E-state index contributed by atoms with van der Waals surface area (Å²) in [5.74, 6) is -0.350. The van der Waals surface area contributed by atoms with Crippen molar-refractivity contribution in [3.63, 3.8) is 0 Å². The molecule has 2 N–H and O–H groups in total. The molecule has 2 aromatic carbocycles. The van der Waals surface area contributed by atoms with Gasteiger partial charge in [0.25, 0.3) is 0 Å². The third kappa shape index (κ3) is 4.41. The summed E-state index contributed by atoms with van der Waals surface area (Å²) in [6, 6.07) is 15.7. The van der Waals surface area contributed by atoms with Crippen LogP contribution in [-0.4, -0.2) is 16.0 Å². The Morgan fingerprint density at radius 3 is 2.40 bits per heavy atom. The number of pyridine rings is 1. The zero-order valence-corrected chi connectivity index (χ0v) is 13.4. The maximum Gasteiger partial charge on any atom is 0.225 e.